The largest absolute Gasteiger partial charge is 0.494 e. The van der Waals surface area contributed by atoms with E-state index < -0.39 is 17.3 Å². The summed E-state index contributed by atoms with van der Waals surface area (Å²) >= 11 is 0. The molecule has 0 saturated carbocycles. The number of aromatic amines is 1. The lowest BCUT2D eigenvalue weighted by atomic mass is 10.2. The summed E-state index contributed by atoms with van der Waals surface area (Å²) in [7, 11) is 1.53. The van der Waals surface area contributed by atoms with E-state index >= 15 is 0 Å². The molecule has 0 bridgehead atoms. The molecule has 0 atom stereocenters. The first-order valence-electron chi connectivity index (χ1n) is 10.2. The third-order valence-corrected chi connectivity index (χ3v) is 5.13. The van der Waals surface area contributed by atoms with Crippen LogP contribution in [0.5, 0.6) is 5.75 Å². The van der Waals surface area contributed by atoms with Crippen molar-refractivity contribution in [3.8, 4) is 17.4 Å². The van der Waals surface area contributed by atoms with Gasteiger partial charge in [0, 0.05) is 6.07 Å². The van der Waals surface area contributed by atoms with E-state index in [4.69, 9.17) is 4.74 Å². The molecule has 2 aromatic carbocycles. The highest BCUT2D eigenvalue weighted by molar-refractivity contribution is 6.04. The SMILES string of the molecule is COc1ccccc1-n1ncc2c(=O)[nH]c(-n3nc(C)cc3NC(=O)c3ccccc3F)nc21. The molecule has 10 nitrogen and oxygen atoms in total. The van der Waals surface area contributed by atoms with Crippen molar-refractivity contribution in [2.45, 2.75) is 6.92 Å². The Bertz CT molecular complexity index is 1600. The molecule has 0 fully saturated rings. The molecule has 0 aliphatic carbocycles. The molecule has 170 valence electrons. The van der Waals surface area contributed by atoms with E-state index in [0.717, 1.165) is 0 Å². The minimum absolute atomic E-state index is 0.0473. The molecule has 5 rings (SSSR count). The molecule has 0 unspecified atom stereocenters. The van der Waals surface area contributed by atoms with Crippen LogP contribution >= 0.6 is 0 Å². The Morgan fingerprint density at radius 3 is 2.68 bits per heavy atom. The first-order valence-corrected chi connectivity index (χ1v) is 10.2. The van der Waals surface area contributed by atoms with E-state index in [1.54, 1.807) is 31.2 Å². The lowest BCUT2D eigenvalue weighted by Crippen LogP contribution is -2.19. The average molecular weight is 459 g/mol. The maximum absolute atomic E-state index is 14.1. The number of amides is 1. The monoisotopic (exact) mass is 459 g/mol. The molecule has 0 saturated heterocycles. The van der Waals surface area contributed by atoms with Gasteiger partial charge in [-0.3, -0.25) is 14.6 Å². The maximum Gasteiger partial charge on any atom is 0.263 e. The van der Waals surface area contributed by atoms with Crippen LogP contribution in [0, 0.1) is 12.7 Å². The number of ether oxygens (including phenoxy) is 1. The van der Waals surface area contributed by atoms with Crippen molar-refractivity contribution < 1.29 is 13.9 Å². The number of anilines is 1. The van der Waals surface area contributed by atoms with E-state index in [0.29, 0.717) is 17.1 Å². The van der Waals surface area contributed by atoms with Crippen molar-refractivity contribution in [3.05, 3.63) is 88.2 Å². The number of methoxy groups -OCH3 is 1. The van der Waals surface area contributed by atoms with Gasteiger partial charge in [0.2, 0.25) is 5.95 Å². The number of nitrogens with zero attached hydrogens (tertiary/aromatic N) is 5. The number of hydrogen-bond donors (Lipinski definition) is 2. The van der Waals surface area contributed by atoms with E-state index in [2.05, 4.69) is 25.5 Å². The third-order valence-electron chi connectivity index (χ3n) is 5.13. The molecule has 1 amide bonds. The smallest absolute Gasteiger partial charge is 0.263 e. The fourth-order valence-electron chi connectivity index (χ4n) is 3.57. The number of aryl methyl sites for hydroxylation is 1. The van der Waals surface area contributed by atoms with Gasteiger partial charge in [-0.1, -0.05) is 24.3 Å². The number of hydrogen-bond acceptors (Lipinski definition) is 6. The van der Waals surface area contributed by atoms with Gasteiger partial charge in [-0.15, -0.1) is 0 Å². The first kappa shape index (κ1) is 21.1. The van der Waals surface area contributed by atoms with Crippen LogP contribution in [0.4, 0.5) is 10.2 Å². The van der Waals surface area contributed by atoms with E-state index in [1.165, 1.54) is 40.9 Å². The van der Waals surface area contributed by atoms with Crippen LogP contribution in [0.3, 0.4) is 0 Å². The summed E-state index contributed by atoms with van der Waals surface area (Å²) in [5.74, 6) is -0.523. The van der Waals surface area contributed by atoms with Gasteiger partial charge in [-0.2, -0.15) is 19.9 Å². The summed E-state index contributed by atoms with van der Waals surface area (Å²) in [6.45, 7) is 1.71. The number of H-pyrrole nitrogens is 1. The summed E-state index contributed by atoms with van der Waals surface area (Å²) in [6.07, 6.45) is 1.41. The predicted molar refractivity (Wildman–Crippen MR) is 122 cm³/mol. The highest BCUT2D eigenvalue weighted by Gasteiger charge is 2.19. The van der Waals surface area contributed by atoms with Crippen LogP contribution in [-0.4, -0.2) is 42.5 Å². The predicted octanol–water partition coefficient (Wildman–Crippen LogP) is 3.00. The van der Waals surface area contributed by atoms with Crippen molar-refractivity contribution in [3.63, 3.8) is 0 Å². The lowest BCUT2D eigenvalue weighted by Gasteiger charge is -2.10. The number of nitrogens with one attached hydrogen (secondary N) is 2. The fraction of sp³-hybridized carbons (Fsp3) is 0.0870. The van der Waals surface area contributed by atoms with Crippen molar-refractivity contribution in [2.24, 2.45) is 0 Å². The Kier molecular flexibility index (Phi) is 5.13. The van der Waals surface area contributed by atoms with Gasteiger partial charge >= 0.3 is 0 Å². The van der Waals surface area contributed by atoms with Crippen LogP contribution in [-0.2, 0) is 0 Å². The fourth-order valence-corrected chi connectivity index (χ4v) is 3.57. The van der Waals surface area contributed by atoms with E-state index in [-0.39, 0.29) is 28.4 Å². The van der Waals surface area contributed by atoms with Gasteiger partial charge in [-0.25, -0.2) is 9.07 Å². The second kappa shape index (κ2) is 8.28. The minimum atomic E-state index is -0.665. The quantitative estimate of drug-likeness (QED) is 0.417. The summed E-state index contributed by atoms with van der Waals surface area (Å²) in [4.78, 5) is 32.7. The summed E-state index contributed by atoms with van der Waals surface area (Å²) < 4.78 is 22.2. The molecular weight excluding hydrogens is 441 g/mol. The van der Waals surface area contributed by atoms with Crippen LogP contribution < -0.4 is 15.6 Å². The molecule has 3 heterocycles. The van der Waals surface area contributed by atoms with E-state index in [9.17, 15) is 14.0 Å². The van der Waals surface area contributed by atoms with E-state index in [1.807, 2.05) is 12.1 Å². The topological polar surface area (TPSA) is 120 Å². The number of halogens is 1. The molecule has 11 heteroatoms. The highest BCUT2D eigenvalue weighted by Crippen LogP contribution is 2.24. The second-order valence-electron chi connectivity index (χ2n) is 7.37. The van der Waals surface area contributed by atoms with Crippen molar-refractivity contribution in [1.29, 1.82) is 0 Å². The molecule has 0 radical (unpaired) electrons. The van der Waals surface area contributed by atoms with Crippen LogP contribution in [0.1, 0.15) is 16.1 Å². The Morgan fingerprint density at radius 1 is 1.12 bits per heavy atom. The minimum Gasteiger partial charge on any atom is -0.494 e. The van der Waals surface area contributed by atoms with Crippen LogP contribution in [0.25, 0.3) is 22.7 Å². The Morgan fingerprint density at radius 2 is 1.88 bits per heavy atom. The maximum atomic E-state index is 14.1. The van der Waals surface area contributed by atoms with Gasteiger partial charge in [0.05, 0.1) is 24.6 Å². The zero-order chi connectivity index (χ0) is 23.8. The Balaban J connectivity index is 1.61. The zero-order valence-corrected chi connectivity index (χ0v) is 18.1. The van der Waals surface area contributed by atoms with Crippen molar-refractivity contribution in [2.75, 3.05) is 12.4 Å². The van der Waals surface area contributed by atoms with Crippen LogP contribution in [0.15, 0.2) is 65.6 Å². The van der Waals surface area contributed by atoms with Gasteiger partial charge in [0.1, 0.15) is 28.5 Å². The molecule has 34 heavy (non-hydrogen) atoms. The van der Waals surface area contributed by atoms with Crippen molar-refractivity contribution in [1.82, 2.24) is 29.5 Å². The third kappa shape index (κ3) is 3.58. The number of aromatic nitrogens is 6. The number of para-hydroxylation sites is 2. The zero-order valence-electron chi connectivity index (χ0n) is 18.1. The second-order valence-corrected chi connectivity index (χ2v) is 7.37. The molecule has 2 N–H and O–H groups in total. The normalized spacial score (nSPS) is 11.0. The average Bonchev–Trinajstić information content (AvgIpc) is 3.42. The molecule has 0 aliphatic rings. The van der Waals surface area contributed by atoms with Crippen LogP contribution in [0.2, 0.25) is 0 Å². The van der Waals surface area contributed by atoms with Crippen molar-refractivity contribution >= 4 is 22.8 Å². The first-order chi connectivity index (χ1) is 16.5. The van der Waals surface area contributed by atoms with Gasteiger partial charge in [0.15, 0.2) is 5.65 Å². The Hall–Kier alpha value is -4.80. The number of benzene rings is 2. The molecular formula is C23H18FN7O3. The molecule has 0 aliphatic heterocycles. The highest BCUT2D eigenvalue weighted by atomic mass is 19.1. The molecule has 3 aromatic heterocycles. The summed E-state index contributed by atoms with van der Waals surface area (Å²) in [5.41, 5.74) is 0.834. The number of carbonyl (C=O) groups excluding carboxylic acids is 1. The summed E-state index contributed by atoms with van der Waals surface area (Å²) in [6, 6.07) is 14.4. The standard InChI is InChI=1S/C23H18FN7O3/c1-13-11-19(26-21(32)14-7-3-4-8-16(14)24)31(29-13)23-27-20-15(22(33)28-23)12-25-30(20)17-9-5-6-10-18(17)34-2/h3-12H,1-2H3,(H,26,32)(H,27,28,33). The summed E-state index contributed by atoms with van der Waals surface area (Å²) in [5, 5.41) is 11.5. The number of fused-ring (bicyclic) bond motifs is 1. The molecule has 0 spiro atoms. The van der Waals surface area contributed by atoms with Gasteiger partial charge in [0.25, 0.3) is 11.5 Å². The Labute approximate surface area is 191 Å². The van der Waals surface area contributed by atoms with Gasteiger partial charge < -0.3 is 10.1 Å². The number of rotatable bonds is 5. The lowest BCUT2D eigenvalue weighted by molar-refractivity contribution is 0.102. The number of carbonyl (C=O) groups is 1. The van der Waals surface area contributed by atoms with Gasteiger partial charge in [-0.05, 0) is 31.2 Å². The molecule has 5 aromatic rings.